The topological polar surface area (TPSA) is 90.5 Å². The summed E-state index contributed by atoms with van der Waals surface area (Å²) >= 11 is 0. The van der Waals surface area contributed by atoms with Crippen LogP contribution < -0.4 is 5.32 Å². The molecule has 4 aromatic heterocycles. The molecule has 29 heavy (non-hydrogen) atoms. The summed E-state index contributed by atoms with van der Waals surface area (Å²) in [4.78, 5) is 25.4. The van der Waals surface area contributed by atoms with Gasteiger partial charge in [-0.05, 0) is 36.2 Å². The second-order valence-electron chi connectivity index (χ2n) is 6.72. The molecule has 0 aliphatic rings. The van der Waals surface area contributed by atoms with Crippen molar-refractivity contribution in [3.8, 4) is 22.6 Å². The van der Waals surface area contributed by atoms with Crippen molar-refractivity contribution in [1.29, 1.82) is 0 Å². The van der Waals surface area contributed by atoms with E-state index in [9.17, 15) is 4.79 Å². The first kappa shape index (κ1) is 18.5. The van der Waals surface area contributed by atoms with Crippen LogP contribution in [0.15, 0.2) is 61.4 Å². The highest BCUT2D eigenvalue weighted by atomic mass is 16.1. The maximum atomic E-state index is 12.6. The number of carbonyl (C=O) groups excluding carboxylic acids is 1. The average Bonchev–Trinajstić information content (AvgIpc) is 3.34. The fourth-order valence-corrected chi connectivity index (χ4v) is 3.11. The standard InChI is InChI=1S/C21H21N7O/c1-27-14-16(17-12-24-20(25-13-17)18-6-10-26-28(18)2)11-19(27)21(29)23-9-5-15-3-7-22-8-4-15/h3-4,6-8,10-14H,5,9H2,1-2H3,(H,23,29). The molecule has 0 aliphatic carbocycles. The molecule has 0 spiro atoms. The molecule has 146 valence electrons. The van der Waals surface area contributed by atoms with E-state index in [1.54, 1.807) is 35.7 Å². The Morgan fingerprint density at radius 2 is 1.79 bits per heavy atom. The third kappa shape index (κ3) is 4.06. The smallest absolute Gasteiger partial charge is 0.267 e. The molecule has 0 atom stereocenters. The third-order valence-corrected chi connectivity index (χ3v) is 4.72. The Hall–Kier alpha value is -3.81. The van der Waals surface area contributed by atoms with Gasteiger partial charge in [0.05, 0.1) is 0 Å². The Morgan fingerprint density at radius 3 is 2.48 bits per heavy atom. The van der Waals surface area contributed by atoms with Gasteiger partial charge in [0.2, 0.25) is 0 Å². The number of carbonyl (C=O) groups is 1. The number of aromatic nitrogens is 6. The van der Waals surface area contributed by atoms with E-state index in [1.165, 1.54) is 0 Å². The van der Waals surface area contributed by atoms with Gasteiger partial charge in [0, 0.05) is 68.9 Å². The predicted molar refractivity (Wildman–Crippen MR) is 109 cm³/mol. The van der Waals surface area contributed by atoms with Crippen LogP contribution in [0.4, 0.5) is 0 Å². The first-order valence-electron chi connectivity index (χ1n) is 9.26. The minimum Gasteiger partial charge on any atom is -0.350 e. The number of pyridine rings is 1. The number of hydrogen-bond acceptors (Lipinski definition) is 5. The molecule has 8 nitrogen and oxygen atoms in total. The van der Waals surface area contributed by atoms with Gasteiger partial charge in [-0.3, -0.25) is 14.5 Å². The summed E-state index contributed by atoms with van der Waals surface area (Å²) < 4.78 is 3.54. The maximum Gasteiger partial charge on any atom is 0.267 e. The molecule has 0 aliphatic heterocycles. The highest BCUT2D eigenvalue weighted by Gasteiger charge is 2.13. The lowest BCUT2D eigenvalue weighted by molar-refractivity contribution is 0.0946. The number of amides is 1. The zero-order chi connectivity index (χ0) is 20.2. The van der Waals surface area contributed by atoms with E-state index in [0.717, 1.165) is 28.8 Å². The fraction of sp³-hybridized carbons (Fsp3) is 0.190. The molecule has 1 amide bonds. The number of nitrogens with one attached hydrogen (secondary N) is 1. The number of rotatable bonds is 6. The Morgan fingerprint density at radius 1 is 1.03 bits per heavy atom. The first-order chi connectivity index (χ1) is 14.1. The third-order valence-electron chi connectivity index (χ3n) is 4.72. The van der Waals surface area contributed by atoms with Crippen molar-refractivity contribution in [2.75, 3.05) is 6.54 Å². The molecule has 1 N–H and O–H groups in total. The van der Waals surface area contributed by atoms with Crippen molar-refractivity contribution < 1.29 is 4.79 Å². The van der Waals surface area contributed by atoms with Crippen LogP contribution in [0, 0.1) is 0 Å². The molecule has 4 aromatic rings. The first-order valence-corrected chi connectivity index (χ1v) is 9.26. The van der Waals surface area contributed by atoms with Crippen molar-refractivity contribution in [3.05, 3.63) is 72.7 Å². The minimum atomic E-state index is -0.111. The lowest BCUT2D eigenvalue weighted by atomic mass is 10.2. The lowest BCUT2D eigenvalue weighted by Crippen LogP contribution is -2.27. The Balaban J connectivity index is 1.44. The molecule has 8 heteroatoms. The summed E-state index contributed by atoms with van der Waals surface area (Å²) in [6, 6.07) is 7.61. The molecule has 0 radical (unpaired) electrons. The van der Waals surface area contributed by atoms with E-state index in [4.69, 9.17) is 0 Å². The van der Waals surface area contributed by atoms with E-state index in [1.807, 2.05) is 49.1 Å². The molecule has 0 aromatic carbocycles. The van der Waals surface area contributed by atoms with Crippen LogP contribution >= 0.6 is 0 Å². The zero-order valence-electron chi connectivity index (χ0n) is 16.3. The van der Waals surface area contributed by atoms with Gasteiger partial charge in [-0.1, -0.05) is 0 Å². The van der Waals surface area contributed by atoms with Crippen molar-refractivity contribution in [2.45, 2.75) is 6.42 Å². The van der Waals surface area contributed by atoms with Crippen LogP contribution in [0.3, 0.4) is 0 Å². The van der Waals surface area contributed by atoms with Gasteiger partial charge in [0.15, 0.2) is 5.82 Å². The van der Waals surface area contributed by atoms with E-state index >= 15 is 0 Å². The number of nitrogens with zero attached hydrogens (tertiary/aromatic N) is 6. The fourth-order valence-electron chi connectivity index (χ4n) is 3.11. The second kappa shape index (κ2) is 8.05. The van der Waals surface area contributed by atoms with Crippen molar-refractivity contribution in [1.82, 2.24) is 34.6 Å². The van der Waals surface area contributed by atoms with Gasteiger partial charge in [0.25, 0.3) is 5.91 Å². The van der Waals surface area contributed by atoms with Gasteiger partial charge in [-0.15, -0.1) is 0 Å². The summed E-state index contributed by atoms with van der Waals surface area (Å²) in [5.74, 6) is 0.499. The quantitative estimate of drug-likeness (QED) is 0.548. The Kier molecular flexibility index (Phi) is 5.15. The minimum absolute atomic E-state index is 0.111. The molecule has 4 rings (SSSR count). The summed E-state index contributed by atoms with van der Waals surface area (Å²) in [5.41, 5.74) is 4.31. The maximum absolute atomic E-state index is 12.6. The van der Waals surface area contributed by atoms with Crippen LogP contribution in [0.2, 0.25) is 0 Å². The van der Waals surface area contributed by atoms with E-state index in [0.29, 0.717) is 18.1 Å². The average molecular weight is 387 g/mol. The van der Waals surface area contributed by atoms with Crippen molar-refractivity contribution >= 4 is 5.91 Å². The highest BCUT2D eigenvalue weighted by Crippen LogP contribution is 2.22. The molecule has 0 fully saturated rings. The molecule has 0 saturated heterocycles. The number of hydrogen-bond donors (Lipinski definition) is 1. The van der Waals surface area contributed by atoms with Crippen molar-refractivity contribution in [3.63, 3.8) is 0 Å². The molecular formula is C21H21N7O. The SMILES string of the molecule is Cn1cc(-c2cnc(-c3ccnn3C)nc2)cc1C(=O)NCCc1ccncc1. The van der Waals surface area contributed by atoms with E-state index in [2.05, 4.69) is 25.4 Å². The molecular weight excluding hydrogens is 366 g/mol. The van der Waals surface area contributed by atoms with Crippen LogP contribution in [-0.2, 0) is 20.5 Å². The van der Waals surface area contributed by atoms with E-state index in [-0.39, 0.29) is 5.91 Å². The van der Waals surface area contributed by atoms with Gasteiger partial charge in [-0.2, -0.15) is 5.10 Å². The van der Waals surface area contributed by atoms with Gasteiger partial charge in [-0.25, -0.2) is 9.97 Å². The predicted octanol–water partition coefficient (Wildman–Crippen LogP) is 2.25. The molecule has 0 bridgehead atoms. The normalized spacial score (nSPS) is 10.8. The van der Waals surface area contributed by atoms with Crippen molar-refractivity contribution in [2.24, 2.45) is 14.1 Å². The van der Waals surface area contributed by atoms with Gasteiger partial charge >= 0.3 is 0 Å². The summed E-state index contributed by atoms with van der Waals surface area (Å²) in [5, 5.41) is 7.10. The lowest BCUT2D eigenvalue weighted by Gasteiger charge is -2.05. The zero-order valence-corrected chi connectivity index (χ0v) is 16.3. The summed E-state index contributed by atoms with van der Waals surface area (Å²) in [6.45, 7) is 0.561. The van der Waals surface area contributed by atoms with Gasteiger partial charge < -0.3 is 9.88 Å². The summed E-state index contributed by atoms with van der Waals surface area (Å²) in [6.07, 6.45) is 11.4. The highest BCUT2D eigenvalue weighted by molar-refractivity contribution is 5.94. The molecule has 0 unspecified atom stereocenters. The van der Waals surface area contributed by atoms with Crippen LogP contribution in [0.1, 0.15) is 16.1 Å². The Bertz CT molecular complexity index is 1110. The monoisotopic (exact) mass is 387 g/mol. The molecule has 0 saturated carbocycles. The Labute approximate surface area is 168 Å². The molecule has 4 heterocycles. The second-order valence-corrected chi connectivity index (χ2v) is 6.72. The van der Waals surface area contributed by atoms with Gasteiger partial charge in [0.1, 0.15) is 11.4 Å². The van der Waals surface area contributed by atoms with Crippen LogP contribution in [0.25, 0.3) is 22.6 Å². The summed E-state index contributed by atoms with van der Waals surface area (Å²) in [7, 11) is 3.70. The number of aryl methyl sites for hydroxylation is 2. The largest absolute Gasteiger partial charge is 0.350 e. The van der Waals surface area contributed by atoms with E-state index < -0.39 is 0 Å². The van der Waals surface area contributed by atoms with Crippen LogP contribution in [0.5, 0.6) is 0 Å². The van der Waals surface area contributed by atoms with Crippen LogP contribution in [-0.4, -0.2) is 41.8 Å².